The first-order chi connectivity index (χ1) is 20.3. The normalized spacial score (nSPS) is 11.9. The summed E-state index contributed by atoms with van der Waals surface area (Å²) in [5.41, 5.74) is 0.650. The van der Waals surface area contributed by atoms with E-state index in [9.17, 15) is 37.7 Å². The zero-order chi connectivity index (χ0) is 32.0. The van der Waals surface area contributed by atoms with Crippen LogP contribution in [-0.4, -0.2) is 68.4 Å². The maximum absolute atomic E-state index is 12.8. The number of rotatable bonds is 17. The van der Waals surface area contributed by atoms with Crippen molar-refractivity contribution in [3.05, 3.63) is 63.7 Å². The predicted octanol–water partition coefficient (Wildman–Crippen LogP) is 3.94. The third kappa shape index (κ3) is 13.4. The number of carbonyl (C=O) groups is 4. The number of carbonyl (C=O) groups excluding carboxylic acids is 4. The van der Waals surface area contributed by atoms with Crippen LogP contribution in [0, 0.1) is 10.1 Å². The lowest BCUT2D eigenvalue weighted by molar-refractivity contribution is -0.768. The molecule has 43 heavy (non-hydrogen) atoms. The predicted molar refractivity (Wildman–Crippen MR) is 155 cm³/mol. The van der Waals surface area contributed by atoms with Crippen molar-refractivity contribution in [3.8, 4) is 5.75 Å². The molecule has 232 valence electrons. The molecule has 0 saturated heterocycles. The third-order valence-electron chi connectivity index (χ3n) is 5.28. The molecule has 0 aromatic heterocycles. The summed E-state index contributed by atoms with van der Waals surface area (Å²) < 4.78 is 33.0. The average Bonchev–Trinajstić information content (AvgIpc) is 2.93. The van der Waals surface area contributed by atoms with E-state index in [0.717, 1.165) is 6.26 Å². The highest BCUT2D eigenvalue weighted by molar-refractivity contribution is 8.71. The molecule has 17 heteroatoms. The number of ether oxygens (including phenoxy) is 2. The van der Waals surface area contributed by atoms with Crippen molar-refractivity contribution < 1.29 is 47.0 Å². The molecule has 15 nitrogen and oxygen atoms in total. The number of benzene rings is 2. The Kier molecular flexibility index (Phi) is 13.7. The van der Waals surface area contributed by atoms with Crippen LogP contribution in [0.25, 0.3) is 0 Å². The summed E-state index contributed by atoms with van der Waals surface area (Å²) in [5.74, 6) is -2.51. The quantitative estimate of drug-likeness (QED) is 0.0497. The van der Waals surface area contributed by atoms with E-state index in [-0.39, 0.29) is 60.4 Å². The molecule has 0 spiro atoms. The summed E-state index contributed by atoms with van der Waals surface area (Å²) in [6, 6.07) is 9.99. The Morgan fingerprint density at radius 2 is 1.72 bits per heavy atom. The van der Waals surface area contributed by atoms with Crippen molar-refractivity contribution in [1.29, 1.82) is 0 Å². The molecule has 2 rings (SSSR count). The number of hydrogen-bond donors (Lipinski definition) is 1. The molecule has 0 radical (unpaired) electrons. The van der Waals surface area contributed by atoms with Gasteiger partial charge in [-0.25, -0.2) is 13.2 Å². The van der Waals surface area contributed by atoms with Gasteiger partial charge in [-0.2, -0.15) is 10.2 Å². The van der Waals surface area contributed by atoms with Gasteiger partial charge in [-0.3, -0.25) is 14.4 Å². The van der Waals surface area contributed by atoms with Gasteiger partial charge in [-0.05, 0) is 66.6 Å². The highest BCUT2D eigenvalue weighted by Crippen LogP contribution is 2.28. The van der Waals surface area contributed by atoms with Crippen LogP contribution in [0.3, 0.4) is 0 Å². The van der Waals surface area contributed by atoms with Crippen LogP contribution in [0.2, 0.25) is 0 Å². The number of azo groups is 1. The molecule has 0 aliphatic carbocycles. The van der Waals surface area contributed by atoms with E-state index in [2.05, 4.69) is 20.4 Å². The van der Waals surface area contributed by atoms with Gasteiger partial charge < -0.3 is 19.6 Å². The SMILES string of the molecule is CCC(CC(=O)Oc1ccc(N=Nc2ccc(C(=O)NCCC(C)=O)cc2)cc1C(=O)OCCSS(C)(=O)=O)O[N+](=O)[O-]. The molecule has 0 heterocycles. The van der Waals surface area contributed by atoms with E-state index >= 15 is 0 Å². The van der Waals surface area contributed by atoms with Crippen LogP contribution < -0.4 is 10.1 Å². The van der Waals surface area contributed by atoms with Crippen molar-refractivity contribution in [3.63, 3.8) is 0 Å². The molecule has 2 aromatic carbocycles. The Hall–Kier alpha value is -4.38. The topological polar surface area (TPSA) is 210 Å². The van der Waals surface area contributed by atoms with Crippen molar-refractivity contribution >= 4 is 54.7 Å². The number of nitrogens with zero attached hydrogens (tertiary/aromatic N) is 3. The van der Waals surface area contributed by atoms with E-state index < -0.39 is 38.4 Å². The van der Waals surface area contributed by atoms with E-state index in [0.29, 0.717) is 22.0 Å². The molecule has 0 aliphatic rings. The second-order valence-corrected chi connectivity index (χ2v) is 13.4. The Morgan fingerprint density at radius 3 is 2.33 bits per heavy atom. The second kappa shape index (κ2) is 16.9. The van der Waals surface area contributed by atoms with Gasteiger partial charge in [-0.15, -0.1) is 10.1 Å². The summed E-state index contributed by atoms with van der Waals surface area (Å²) in [6.45, 7) is 2.96. The minimum absolute atomic E-state index is 0.0414. The lowest BCUT2D eigenvalue weighted by atomic mass is 10.1. The fraction of sp³-hybridized carbons (Fsp3) is 0.385. The Balaban J connectivity index is 2.20. The maximum atomic E-state index is 12.8. The Bertz CT molecular complexity index is 1460. The molecule has 2 aromatic rings. The molecule has 0 saturated carbocycles. The van der Waals surface area contributed by atoms with Gasteiger partial charge >= 0.3 is 11.9 Å². The van der Waals surface area contributed by atoms with Crippen LogP contribution in [-0.2, 0) is 28.0 Å². The van der Waals surface area contributed by atoms with Crippen molar-refractivity contribution in [1.82, 2.24) is 5.32 Å². The summed E-state index contributed by atoms with van der Waals surface area (Å²) >= 11 is 0. The lowest BCUT2D eigenvalue weighted by Crippen LogP contribution is -2.25. The minimum atomic E-state index is -3.35. The standard InChI is InChI=1S/C26H30N4O11S2/c1-4-21(41-30(35)36)16-24(32)40-23-10-9-20(15-22(23)26(34)39-13-14-42-43(3,37)38)29-28-19-7-5-18(6-8-19)25(33)27-12-11-17(2)31/h5-10,15,21H,4,11-14,16H2,1-3H3,(H,27,33). The minimum Gasteiger partial charge on any atom is -0.461 e. The van der Waals surface area contributed by atoms with Crippen LogP contribution >= 0.6 is 10.8 Å². The number of esters is 2. The zero-order valence-corrected chi connectivity index (χ0v) is 25.1. The van der Waals surface area contributed by atoms with Crippen molar-refractivity contribution in [2.45, 2.75) is 39.2 Å². The molecule has 1 N–H and O–H groups in total. The van der Waals surface area contributed by atoms with Crippen molar-refractivity contribution in [2.24, 2.45) is 10.2 Å². The summed E-state index contributed by atoms with van der Waals surface area (Å²) in [4.78, 5) is 63.5. The average molecular weight is 639 g/mol. The first-order valence-electron chi connectivity index (χ1n) is 12.7. The van der Waals surface area contributed by atoms with Gasteiger partial charge in [0.1, 0.15) is 29.8 Å². The highest BCUT2D eigenvalue weighted by Gasteiger charge is 2.22. The fourth-order valence-corrected chi connectivity index (χ4v) is 4.77. The van der Waals surface area contributed by atoms with E-state index in [1.165, 1.54) is 49.4 Å². The first-order valence-corrected chi connectivity index (χ1v) is 16.1. The summed E-state index contributed by atoms with van der Waals surface area (Å²) in [5, 5.41) is 20.4. The molecular weight excluding hydrogens is 608 g/mol. The van der Waals surface area contributed by atoms with Crippen LogP contribution in [0.5, 0.6) is 5.75 Å². The number of nitrogens with one attached hydrogen (secondary N) is 1. The largest absolute Gasteiger partial charge is 0.461 e. The fourth-order valence-electron chi connectivity index (χ4n) is 3.20. The van der Waals surface area contributed by atoms with E-state index in [1.54, 1.807) is 6.92 Å². The number of ketones is 1. The van der Waals surface area contributed by atoms with E-state index in [1.807, 2.05) is 0 Å². The van der Waals surface area contributed by atoms with Gasteiger partial charge in [0.15, 0.2) is 8.87 Å². The second-order valence-electron chi connectivity index (χ2n) is 8.83. The van der Waals surface area contributed by atoms with Gasteiger partial charge in [0.05, 0.1) is 17.8 Å². The van der Waals surface area contributed by atoms with Gasteiger partial charge in [-0.1, -0.05) is 6.92 Å². The maximum Gasteiger partial charge on any atom is 0.342 e. The van der Waals surface area contributed by atoms with Crippen LogP contribution in [0.4, 0.5) is 11.4 Å². The smallest absolute Gasteiger partial charge is 0.342 e. The van der Waals surface area contributed by atoms with Crippen LogP contribution in [0.15, 0.2) is 52.7 Å². The number of amides is 1. The van der Waals surface area contributed by atoms with Gasteiger partial charge in [0, 0.05) is 30.5 Å². The molecule has 0 aliphatic heterocycles. The van der Waals surface area contributed by atoms with Gasteiger partial charge in [0.25, 0.3) is 11.0 Å². The monoisotopic (exact) mass is 638 g/mol. The molecular formula is C26H30N4O11S2. The molecule has 1 unspecified atom stereocenters. The van der Waals surface area contributed by atoms with Crippen LogP contribution in [0.1, 0.15) is 53.8 Å². The molecule has 1 amide bonds. The zero-order valence-electron chi connectivity index (χ0n) is 23.5. The molecule has 0 bridgehead atoms. The Morgan fingerprint density at radius 1 is 1.07 bits per heavy atom. The Labute approximate surface area is 250 Å². The summed E-state index contributed by atoms with van der Waals surface area (Å²) in [6.07, 6.45) is -0.147. The first kappa shape index (κ1) is 34.8. The molecule has 0 fully saturated rings. The number of Topliss-reactive ketones (excluding diaryl/α,β-unsaturated/α-hetero) is 1. The van der Waals surface area contributed by atoms with Gasteiger partial charge in [0.2, 0.25) is 0 Å². The molecule has 1 atom stereocenters. The summed E-state index contributed by atoms with van der Waals surface area (Å²) in [7, 11) is -2.77. The lowest BCUT2D eigenvalue weighted by Gasteiger charge is -2.14. The highest BCUT2D eigenvalue weighted by atomic mass is 33.1. The van der Waals surface area contributed by atoms with Crippen molar-refractivity contribution in [2.75, 3.05) is 25.2 Å². The number of hydrogen-bond acceptors (Lipinski definition) is 14. The third-order valence-corrected chi connectivity index (χ3v) is 7.82. The van der Waals surface area contributed by atoms with E-state index in [4.69, 9.17) is 9.47 Å².